The predicted octanol–water partition coefficient (Wildman–Crippen LogP) is 3.03. The van der Waals surface area contributed by atoms with Gasteiger partial charge in [-0.3, -0.25) is 9.59 Å². The van der Waals surface area contributed by atoms with Crippen LogP contribution in [0.15, 0.2) is 24.3 Å². The topological polar surface area (TPSA) is 61.4 Å². The number of nitrogens with zero attached hydrogens (tertiary/aromatic N) is 1. The lowest BCUT2D eigenvalue weighted by molar-refractivity contribution is -0.137. The highest BCUT2D eigenvalue weighted by Gasteiger charge is 2.26. The van der Waals surface area contributed by atoms with Gasteiger partial charge in [-0.25, -0.2) is 4.39 Å². The Morgan fingerprint density at radius 2 is 1.96 bits per heavy atom. The second-order valence-electron chi connectivity index (χ2n) is 7.46. The number of amides is 2. The second-order valence-corrected chi connectivity index (χ2v) is 7.46. The number of hydrogen-bond acceptors (Lipinski definition) is 3. The van der Waals surface area contributed by atoms with Crippen molar-refractivity contribution in [1.29, 1.82) is 0 Å². The van der Waals surface area contributed by atoms with E-state index in [1.165, 1.54) is 24.3 Å². The third kappa shape index (κ3) is 6.09. The highest BCUT2D eigenvalue weighted by Crippen LogP contribution is 2.23. The molecule has 0 aliphatic carbocycles. The molecule has 5 nitrogen and oxygen atoms in total. The molecular weight excluding hydrogens is 333 g/mol. The molecule has 2 N–H and O–H groups in total. The van der Waals surface area contributed by atoms with Crippen molar-refractivity contribution >= 4 is 17.5 Å². The zero-order valence-corrected chi connectivity index (χ0v) is 15.9. The molecule has 2 rings (SSSR count). The Morgan fingerprint density at radius 3 is 2.54 bits per heavy atom. The van der Waals surface area contributed by atoms with Crippen LogP contribution in [0, 0.1) is 17.7 Å². The number of rotatable bonds is 7. The maximum atomic E-state index is 13.0. The van der Waals surface area contributed by atoms with Gasteiger partial charge in [0, 0.05) is 18.2 Å². The van der Waals surface area contributed by atoms with Crippen LogP contribution in [0.25, 0.3) is 0 Å². The van der Waals surface area contributed by atoms with Gasteiger partial charge in [0.15, 0.2) is 0 Å². The summed E-state index contributed by atoms with van der Waals surface area (Å²) < 4.78 is 13.0. The van der Waals surface area contributed by atoms with E-state index in [4.69, 9.17) is 0 Å². The van der Waals surface area contributed by atoms with Crippen molar-refractivity contribution in [3.8, 4) is 0 Å². The summed E-state index contributed by atoms with van der Waals surface area (Å²) in [6, 6.07) is 5.54. The molecule has 2 atom stereocenters. The van der Waals surface area contributed by atoms with Crippen LogP contribution >= 0.6 is 0 Å². The Morgan fingerprint density at radius 1 is 1.27 bits per heavy atom. The number of hydrogen-bond donors (Lipinski definition) is 2. The fourth-order valence-electron chi connectivity index (χ4n) is 3.37. The van der Waals surface area contributed by atoms with Crippen LogP contribution in [0.2, 0.25) is 0 Å². The summed E-state index contributed by atoms with van der Waals surface area (Å²) >= 11 is 0. The van der Waals surface area contributed by atoms with Crippen molar-refractivity contribution in [1.82, 2.24) is 10.2 Å². The SMILES string of the molecule is CC(CC(=O)N(CC(=O)Nc1ccc(F)cc1)C(C)C)C1CCCNC1. The molecule has 1 aliphatic heterocycles. The normalized spacial score (nSPS) is 18.4. The largest absolute Gasteiger partial charge is 0.331 e. The molecule has 0 saturated carbocycles. The van der Waals surface area contributed by atoms with Crippen LogP contribution in [0.3, 0.4) is 0 Å². The summed E-state index contributed by atoms with van der Waals surface area (Å²) in [6.07, 6.45) is 2.75. The monoisotopic (exact) mass is 363 g/mol. The van der Waals surface area contributed by atoms with Crippen molar-refractivity contribution in [2.45, 2.75) is 46.1 Å². The lowest BCUT2D eigenvalue weighted by Gasteiger charge is -2.31. The molecule has 0 radical (unpaired) electrons. The Kier molecular flexibility index (Phi) is 7.57. The third-order valence-corrected chi connectivity index (χ3v) is 5.02. The van der Waals surface area contributed by atoms with Crippen LogP contribution < -0.4 is 10.6 Å². The number of benzene rings is 1. The van der Waals surface area contributed by atoms with Gasteiger partial charge < -0.3 is 15.5 Å². The molecule has 1 aromatic rings. The number of piperidine rings is 1. The first kappa shape index (κ1) is 20.4. The number of nitrogens with one attached hydrogen (secondary N) is 2. The lowest BCUT2D eigenvalue weighted by atomic mass is 9.85. The van der Waals surface area contributed by atoms with Crippen molar-refractivity contribution in [3.63, 3.8) is 0 Å². The maximum absolute atomic E-state index is 13.0. The molecule has 26 heavy (non-hydrogen) atoms. The van der Waals surface area contributed by atoms with E-state index in [0.717, 1.165) is 25.9 Å². The van der Waals surface area contributed by atoms with Crippen LogP contribution in [0.5, 0.6) is 0 Å². The van der Waals surface area contributed by atoms with E-state index in [2.05, 4.69) is 17.6 Å². The summed E-state index contributed by atoms with van der Waals surface area (Å²) in [7, 11) is 0. The molecular formula is C20H30FN3O2. The van der Waals surface area contributed by atoms with Crippen LogP contribution in [0.1, 0.15) is 40.0 Å². The Labute approximate surface area is 155 Å². The van der Waals surface area contributed by atoms with Crippen molar-refractivity contribution < 1.29 is 14.0 Å². The molecule has 1 aromatic carbocycles. The first-order chi connectivity index (χ1) is 12.4. The van der Waals surface area contributed by atoms with E-state index in [-0.39, 0.29) is 36.1 Å². The van der Waals surface area contributed by atoms with Crippen LogP contribution in [-0.4, -0.2) is 42.4 Å². The van der Waals surface area contributed by atoms with Gasteiger partial charge in [0.2, 0.25) is 11.8 Å². The summed E-state index contributed by atoms with van der Waals surface area (Å²) in [4.78, 5) is 26.7. The van der Waals surface area contributed by atoms with E-state index in [0.29, 0.717) is 18.0 Å². The minimum Gasteiger partial charge on any atom is -0.331 e. The average Bonchev–Trinajstić information content (AvgIpc) is 2.62. The molecule has 2 unspecified atom stereocenters. The smallest absolute Gasteiger partial charge is 0.244 e. The van der Waals surface area contributed by atoms with Gasteiger partial charge in [-0.1, -0.05) is 6.92 Å². The van der Waals surface area contributed by atoms with Gasteiger partial charge in [0.05, 0.1) is 0 Å². The molecule has 1 heterocycles. The molecule has 0 aromatic heterocycles. The van der Waals surface area contributed by atoms with Crippen LogP contribution in [-0.2, 0) is 9.59 Å². The lowest BCUT2D eigenvalue weighted by Crippen LogP contribution is -2.44. The van der Waals surface area contributed by atoms with Crippen molar-refractivity contribution in [2.24, 2.45) is 11.8 Å². The van der Waals surface area contributed by atoms with Gasteiger partial charge in [-0.15, -0.1) is 0 Å². The number of halogens is 1. The Bertz CT molecular complexity index is 598. The molecule has 0 bridgehead atoms. The van der Waals surface area contributed by atoms with Crippen molar-refractivity contribution in [2.75, 3.05) is 25.0 Å². The fraction of sp³-hybridized carbons (Fsp3) is 0.600. The highest BCUT2D eigenvalue weighted by atomic mass is 19.1. The molecule has 1 saturated heterocycles. The maximum Gasteiger partial charge on any atom is 0.244 e. The minimum absolute atomic E-state index is 0.00349. The number of carbonyl (C=O) groups is 2. The zero-order chi connectivity index (χ0) is 19.1. The predicted molar refractivity (Wildman–Crippen MR) is 101 cm³/mol. The molecule has 2 amide bonds. The number of anilines is 1. The summed E-state index contributed by atoms with van der Waals surface area (Å²) in [5.41, 5.74) is 0.522. The molecule has 1 aliphatic rings. The molecule has 144 valence electrons. The van der Waals surface area contributed by atoms with Gasteiger partial charge in [0.25, 0.3) is 0 Å². The molecule has 0 spiro atoms. The Hall–Kier alpha value is -1.95. The van der Waals surface area contributed by atoms with E-state index < -0.39 is 0 Å². The summed E-state index contributed by atoms with van der Waals surface area (Å²) in [5, 5.41) is 6.11. The van der Waals surface area contributed by atoms with E-state index in [9.17, 15) is 14.0 Å². The van der Waals surface area contributed by atoms with Gasteiger partial charge in [-0.2, -0.15) is 0 Å². The molecule has 6 heteroatoms. The van der Waals surface area contributed by atoms with E-state index in [1.807, 2.05) is 13.8 Å². The fourth-order valence-corrected chi connectivity index (χ4v) is 3.37. The van der Waals surface area contributed by atoms with Gasteiger partial charge in [-0.05, 0) is 75.9 Å². The van der Waals surface area contributed by atoms with Gasteiger partial charge in [0.1, 0.15) is 12.4 Å². The standard InChI is InChI=1S/C20H30FN3O2/c1-14(2)24(13-19(25)23-18-8-6-17(21)7-9-18)20(26)11-15(3)16-5-4-10-22-12-16/h6-9,14-16,22H,4-5,10-13H2,1-3H3,(H,23,25). The van der Waals surface area contributed by atoms with Gasteiger partial charge >= 0.3 is 0 Å². The van der Waals surface area contributed by atoms with Crippen molar-refractivity contribution in [3.05, 3.63) is 30.1 Å². The summed E-state index contributed by atoms with van der Waals surface area (Å²) in [5.74, 6) is 0.178. The summed E-state index contributed by atoms with van der Waals surface area (Å²) in [6.45, 7) is 7.96. The highest BCUT2D eigenvalue weighted by molar-refractivity contribution is 5.94. The minimum atomic E-state index is -0.354. The molecule has 1 fully saturated rings. The quantitative estimate of drug-likeness (QED) is 0.783. The van der Waals surface area contributed by atoms with E-state index in [1.54, 1.807) is 4.90 Å². The first-order valence-electron chi connectivity index (χ1n) is 9.42. The zero-order valence-electron chi connectivity index (χ0n) is 15.9. The van der Waals surface area contributed by atoms with E-state index >= 15 is 0 Å². The first-order valence-corrected chi connectivity index (χ1v) is 9.42. The van der Waals surface area contributed by atoms with Crippen LogP contribution in [0.4, 0.5) is 10.1 Å². The number of carbonyl (C=O) groups excluding carboxylic acids is 2. The second kappa shape index (κ2) is 9.67. The third-order valence-electron chi connectivity index (χ3n) is 5.02. The Balaban J connectivity index is 1.90. The average molecular weight is 363 g/mol.